The van der Waals surface area contributed by atoms with Crippen LogP contribution in [-0.2, 0) is 4.74 Å². The molecule has 1 heterocycles. The summed E-state index contributed by atoms with van der Waals surface area (Å²) >= 11 is 3.50. The van der Waals surface area contributed by atoms with Gasteiger partial charge in [-0.2, -0.15) is 0 Å². The second-order valence-corrected chi connectivity index (χ2v) is 5.15. The van der Waals surface area contributed by atoms with E-state index in [0.29, 0.717) is 0 Å². The topological polar surface area (TPSA) is 9.23 Å². The van der Waals surface area contributed by atoms with Crippen molar-refractivity contribution in [1.29, 1.82) is 0 Å². The van der Waals surface area contributed by atoms with Crippen molar-refractivity contribution in [1.82, 2.24) is 0 Å². The molecule has 2 heteroatoms. The maximum atomic E-state index is 5.48. The molecule has 2 atom stereocenters. The van der Waals surface area contributed by atoms with Crippen LogP contribution in [-0.4, -0.2) is 18.5 Å². The Bertz CT molecular complexity index is 132. The molecule has 1 rings (SSSR count). The molecule has 0 spiro atoms. The van der Waals surface area contributed by atoms with Gasteiger partial charge < -0.3 is 4.74 Å². The Balaban J connectivity index is 2.22. The molecule has 1 fully saturated rings. The molecular formula is C12H23BrO. The Labute approximate surface area is 96.7 Å². The van der Waals surface area contributed by atoms with Crippen LogP contribution in [0.15, 0.2) is 0 Å². The van der Waals surface area contributed by atoms with Crippen molar-refractivity contribution in [3.05, 3.63) is 0 Å². The third kappa shape index (κ3) is 4.31. The van der Waals surface area contributed by atoms with Crippen LogP contribution < -0.4 is 0 Å². The number of ether oxygens (including phenoxy) is 1. The van der Waals surface area contributed by atoms with Crippen molar-refractivity contribution in [2.75, 3.05) is 18.5 Å². The summed E-state index contributed by atoms with van der Waals surface area (Å²) in [5, 5.41) is 1.16. The highest BCUT2D eigenvalue weighted by molar-refractivity contribution is 9.09. The summed E-state index contributed by atoms with van der Waals surface area (Å²) in [5.74, 6) is 1.80. The molecule has 1 nitrogen and oxygen atoms in total. The van der Waals surface area contributed by atoms with Gasteiger partial charge in [0.05, 0.1) is 0 Å². The third-order valence-electron chi connectivity index (χ3n) is 3.25. The van der Waals surface area contributed by atoms with Crippen LogP contribution in [0.25, 0.3) is 0 Å². The number of unbranched alkanes of at least 4 members (excludes halogenated alkanes) is 1. The molecule has 1 aliphatic rings. The van der Waals surface area contributed by atoms with Gasteiger partial charge in [-0.1, -0.05) is 48.5 Å². The summed E-state index contributed by atoms with van der Waals surface area (Å²) in [4.78, 5) is 0. The van der Waals surface area contributed by atoms with Crippen molar-refractivity contribution >= 4 is 15.9 Å². The van der Waals surface area contributed by atoms with Gasteiger partial charge in [-0.3, -0.25) is 0 Å². The summed E-state index contributed by atoms with van der Waals surface area (Å²) < 4.78 is 5.48. The zero-order valence-electron chi connectivity index (χ0n) is 9.30. The lowest BCUT2D eigenvalue weighted by Gasteiger charge is -2.21. The van der Waals surface area contributed by atoms with E-state index in [1.165, 1.54) is 38.5 Å². The average molecular weight is 263 g/mol. The second-order valence-electron chi connectivity index (χ2n) is 4.36. The van der Waals surface area contributed by atoms with Crippen LogP contribution in [0.5, 0.6) is 0 Å². The van der Waals surface area contributed by atoms with Crippen molar-refractivity contribution in [3.63, 3.8) is 0 Å². The van der Waals surface area contributed by atoms with Gasteiger partial charge in [0.15, 0.2) is 0 Å². The molecule has 14 heavy (non-hydrogen) atoms. The van der Waals surface area contributed by atoms with Crippen molar-refractivity contribution in [2.24, 2.45) is 11.8 Å². The fourth-order valence-electron chi connectivity index (χ4n) is 2.41. The van der Waals surface area contributed by atoms with E-state index in [-0.39, 0.29) is 0 Å². The van der Waals surface area contributed by atoms with Crippen LogP contribution in [0, 0.1) is 11.8 Å². The van der Waals surface area contributed by atoms with Gasteiger partial charge in [-0.25, -0.2) is 0 Å². The Morgan fingerprint density at radius 3 is 2.79 bits per heavy atom. The lowest BCUT2D eigenvalue weighted by atomic mass is 9.84. The molecule has 0 aromatic rings. The van der Waals surface area contributed by atoms with E-state index in [9.17, 15) is 0 Å². The molecule has 0 saturated carbocycles. The van der Waals surface area contributed by atoms with E-state index in [0.717, 1.165) is 30.4 Å². The van der Waals surface area contributed by atoms with Gasteiger partial charge in [0.1, 0.15) is 0 Å². The van der Waals surface area contributed by atoms with E-state index >= 15 is 0 Å². The highest BCUT2D eigenvalue weighted by Gasteiger charge is 2.24. The molecule has 0 amide bonds. The predicted molar refractivity (Wildman–Crippen MR) is 65.0 cm³/mol. The van der Waals surface area contributed by atoms with Crippen LogP contribution in [0.1, 0.15) is 45.4 Å². The second kappa shape index (κ2) is 7.70. The number of rotatable bonds is 7. The summed E-state index contributed by atoms with van der Waals surface area (Å²) in [6.07, 6.45) is 8.15. The Kier molecular flexibility index (Phi) is 6.88. The molecule has 2 unspecified atom stereocenters. The highest BCUT2D eigenvalue weighted by Crippen LogP contribution is 2.29. The molecule has 0 N–H and O–H groups in total. The van der Waals surface area contributed by atoms with E-state index in [1.807, 2.05) is 0 Å². The molecule has 0 radical (unpaired) electrons. The van der Waals surface area contributed by atoms with Crippen LogP contribution in [0.2, 0.25) is 0 Å². The minimum atomic E-state index is 0.866. The molecule has 1 saturated heterocycles. The number of hydrogen-bond donors (Lipinski definition) is 0. The maximum absolute atomic E-state index is 5.48. The fraction of sp³-hybridized carbons (Fsp3) is 1.00. The number of hydrogen-bond acceptors (Lipinski definition) is 1. The summed E-state index contributed by atoms with van der Waals surface area (Å²) in [6.45, 7) is 4.33. The smallest absolute Gasteiger partial charge is 0.0497 e. The molecule has 0 aromatic carbocycles. The first-order valence-electron chi connectivity index (χ1n) is 6.02. The quantitative estimate of drug-likeness (QED) is 0.498. The van der Waals surface area contributed by atoms with Gasteiger partial charge >= 0.3 is 0 Å². The van der Waals surface area contributed by atoms with Gasteiger partial charge in [0.2, 0.25) is 0 Å². The number of alkyl halides is 1. The Hall–Kier alpha value is 0.440. The Morgan fingerprint density at radius 2 is 2.21 bits per heavy atom. The normalized spacial score (nSPS) is 24.0. The van der Waals surface area contributed by atoms with Crippen LogP contribution in [0.3, 0.4) is 0 Å². The molecule has 0 aliphatic carbocycles. The summed E-state index contributed by atoms with van der Waals surface area (Å²) in [6, 6.07) is 0. The van der Waals surface area contributed by atoms with E-state index in [2.05, 4.69) is 22.9 Å². The fourth-order valence-corrected chi connectivity index (χ4v) is 2.81. The predicted octanol–water partition coefficient (Wildman–Crippen LogP) is 4.00. The van der Waals surface area contributed by atoms with Gasteiger partial charge in [-0.15, -0.1) is 0 Å². The molecular weight excluding hydrogens is 240 g/mol. The van der Waals surface area contributed by atoms with E-state index in [4.69, 9.17) is 4.74 Å². The first-order chi connectivity index (χ1) is 6.88. The van der Waals surface area contributed by atoms with Gasteiger partial charge in [-0.05, 0) is 24.7 Å². The molecule has 0 aromatic heterocycles. The lowest BCUT2D eigenvalue weighted by Crippen LogP contribution is -2.15. The molecule has 84 valence electrons. The highest BCUT2D eigenvalue weighted by atomic mass is 79.9. The molecule has 0 bridgehead atoms. The van der Waals surface area contributed by atoms with Crippen LogP contribution in [0.4, 0.5) is 0 Å². The van der Waals surface area contributed by atoms with E-state index < -0.39 is 0 Å². The zero-order chi connectivity index (χ0) is 10.2. The van der Waals surface area contributed by atoms with Crippen LogP contribution >= 0.6 is 15.9 Å². The molecule has 1 aliphatic heterocycles. The maximum Gasteiger partial charge on any atom is 0.0497 e. The first-order valence-corrected chi connectivity index (χ1v) is 7.14. The van der Waals surface area contributed by atoms with Crippen molar-refractivity contribution < 1.29 is 4.74 Å². The average Bonchev–Trinajstić information content (AvgIpc) is 2.70. The summed E-state index contributed by atoms with van der Waals surface area (Å²) in [7, 11) is 0. The SMILES string of the molecule is CCCC(CCCCBr)C1CCOC1. The van der Waals surface area contributed by atoms with Gasteiger partial charge in [0, 0.05) is 18.5 Å². The van der Waals surface area contributed by atoms with Crippen molar-refractivity contribution in [3.8, 4) is 0 Å². The monoisotopic (exact) mass is 262 g/mol. The minimum Gasteiger partial charge on any atom is -0.381 e. The number of halogens is 1. The standard InChI is InChI=1S/C12H23BrO/c1-2-5-11(6-3-4-8-13)12-7-9-14-10-12/h11-12H,2-10H2,1H3. The Morgan fingerprint density at radius 1 is 1.36 bits per heavy atom. The summed E-state index contributed by atoms with van der Waals surface area (Å²) in [5.41, 5.74) is 0. The largest absolute Gasteiger partial charge is 0.381 e. The van der Waals surface area contributed by atoms with Crippen molar-refractivity contribution in [2.45, 2.75) is 45.4 Å². The third-order valence-corrected chi connectivity index (χ3v) is 3.81. The lowest BCUT2D eigenvalue weighted by molar-refractivity contribution is 0.166. The first kappa shape index (κ1) is 12.5. The van der Waals surface area contributed by atoms with E-state index in [1.54, 1.807) is 0 Å². The minimum absolute atomic E-state index is 0.866. The van der Waals surface area contributed by atoms with Gasteiger partial charge in [0.25, 0.3) is 0 Å². The zero-order valence-corrected chi connectivity index (χ0v) is 10.9.